The van der Waals surface area contributed by atoms with E-state index in [4.69, 9.17) is 9.47 Å². The minimum atomic E-state index is -0.543. The van der Waals surface area contributed by atoms with Gasteiger partial charge in [0.15, 0.2) is 17.6 Å². The molecule has 5 heteroatoms. The van der Waals surface area contributed by atoms with Gasteiger partial charge in [-0.1, -0.05) is 37.3 Å². The predicted molar refractivity (Wildman–Crippen MR) is 100 cm³/mol. The smallest absolute Gasteiger partial charge is 0.261 e. The molecule has 0 heterocycles. The van der Waals surface area contributed by atoms with Crippen LogP contribution in [0.3, 0.4) is 0 Å². The molecule has 0 aliphatic heterocycles. The Hall–Kier alpha value is -2.69. The first-order valence-electron chi connectivity index (χ1n) is 8.49. The molecule has 1 amide bonds. The minimum absolute atomic E-state index is 0.116. The van der Waals surface area contributed by atoms with Crippen molar-refractivity contribution in [1.82, 2.24) is 5.32 Å². The van der Waals surface area contributed by atoms with E-state index in [2.05, 4.69) is 10.2 Å². The minimum Gasteiger partial charge on any atom is -0.493 e. The molecule has 134 valence electrons. The molecule has 0 unspecified atom stereocenters. The number of hydrogen-bond donors (Lipinski definition) is 1. The van der Waals surface area contributed by atoms with Gasteiger partial charge in [0.05, 0.1) is 7.11 Å². The summed E-state index contributed by atoms with van der Waals surface area (Å²) in [7, 11) is 3.59. The Bertz CT molecular complexity index is 661. The van der Waals surface area contributed by atoms with Crippen LogP contribution in [0, 0.1) is 0 Å². The standard InChI is InChI=1S/C20H26N2O3/c1-4-17(25-19-13-9-8-12-18(19)24-3)20(23)21-14-15-22(2)16-10-6-5-7-11-16/h5-13,17H,4,14-15H2,1-3H3,(H,21,23)/t17-/m0/s1. The van der Waals surface area contributed by atoms with Gasteiger partial charge in [0.2, 0.25) is 0 Å². The maximum atomic E-state index is 12.4. The normalized spacial score (nSPS) is 11.5. The first-order chi connectivity index (χ1) is 12.2. The van der Waals surface area contributed by atoms with Crippen LogP contribution < -0.4 is 19.7 Å². The highest BCUT2D eigenvalue weighted by Gasteiger charge is 2.19. The summed E-state index contributed by atoms with van der Waals surface area (Å²) in [6.45, 7) is 3.20. The van der Waals surface area contributed by atoms with Gasteiger partial charge in [0, 0.05) is 25.8 Å². The topological polar surface area (TPSA) is 50.8 Å². The third-order valence-corrected chi connectivity index (χ3v) is 3.94. The van der Waals surface area contributed by atoms with E-state index < -0.39 is 6.10 Å². The zero-order valence-corrected chi connectivity index (χ0v) is 15.1. The van der Waals surface area contributed by atoms with Crippen LogP contribution in [0.4, 0.5) is 5.69 Å². The second kappa shape index (κ2) is 9.57. The van der Waals surface area contributed by atoms with Gasteiger partial charge in [0.25, 0.3) is 5.91 Å². The van der Waals surface area contributed by atoms with Crippen LogP contribution >= 0.6 is 0 Å². The van der Waals surface area contributed by atoms with Crippen molar-refractivity contribution in [2.75, 3.05) is 32.1 Å². The van der Waals surface area contributed by atoms with Crippen LogP contribution in [0.2, 0.25) is 0 Å². The van der Waals surface area contributed by atoms with Gasteiger partial charge >= 0.3 is 0 Å². The maximum absolute atomic E-state index is 12.4. The van der Waals surface area contributed by atoms with Crippen molar-refractivity contribution >= 4 is 11.6 Å². The monoisotopic (exact) mass is 342 g/mol. The van der Waals surface area contributed by atoms with Crippen molar-refractivity contribution < 1.29 is 14.3 Å². The molecular weight excluding hydrogens is 316 g/mol. The van der Waals surface area contributed by atoms with Crippen LogP contribution in [0.5, 0.6) is 11.5 Å². The number of anilines is 1. The Morgan fingerprint density at radius 3 is 2.36 bits per heavy atom. The lowest BCUT2D eigenvalue weighted by molar-refractivity contribution is -0.128. The number of methoxy groups -OCH3 is 1. The van der Waals surface area contributed by atoms with Gasteiger partial charge in [-0.05, 0) is 30.7 Å². The average Bonchev–Trinajstić information content (AvgIpc) is 2.66. The number of ether oxygens (including phenoxy) is 2. The zero-order valence-electron chi connectivity index (χ0n) is 15.1. The van der Waals surface area contributed by atoms with Crippen molar-refractivity contribution in [3.8, 4) is 11.5 Å². The third-order valence-electron chi connectivity index (χ3n) is 3.94. The number of rotatable bonds is 9. The Balaban J connectivity index is 1.85. The van der Waals surface area contributed by atoms with Crippen LogP contribution in [0.15, 0.2) is 54.6 Å². The number of carbonyl (C=O) groups excluding carboxylic acids is 1. The van der Waals surface area contributed by atoms with E-state index in [0.717, 1.165) is 12.2 Å². The summed E-state index contributed by atoms with van der Waals surface area (Å²) < 4.78 is 11.1. The predicted octanol–water partition coefficient (Wildman–Crippen LogP) is 3.11. The van der Waals surface area contributed by atoms with Gasteiger partial charge in [-0.3, -0.25) is 4.79 Å². The first kappa shape index (κ1) is 18.6. The summed E-state index contributed by atoms with van der Waals surface area (Å²) in [5.41, 5.74) is 1.12. The lowest BCUT2D eigenvalue weighted by atomic mass is 10.2. The lowest BCUT2D eigenvalue weighted by Gasteiger charge is -2.21. The van der Waals surface area contributed by atoms with Gasteiger partial charge in [-0.25, -0.2) is 0 Å². The summed E-state index contributed by atoms with van der Waals surface area (Å²) in [4.78, 5) is 14.5. The van der Waals surface area contributed by atoms with Crippen molar-refractivity contribution in [2.24, 2.45) is 0 Å². The van der Waals surface area contributed by atoms with E-state index in [1.807, 2.05) is 62.5 Å². The molecule has 2 aromatic carbocycles. The quantitative estimate of drug-likeness (QED) is 0.761. The summed E-state index contributed by atoms with van der Waals surface area (Å²) in [6.07, 6.45) is 0.0385. The third kappa shape index (κ3) is 5.41. The maximum Gasteiger partial charge on any atom is 0.261 e. The molecule has 1 atom stereocenters. The molecule has 0 fully saturated rings. The van der Waals surface area contributed by atoms with Crippen LogP contribution in [-0.2, 0) is 4.79 Å². The van der Waals surface area contributed by atoms with E-state index in [1.165, 1.54) is 0 Å². The molecule has 5 nitrogen and oxygen atoms in total. The van der Waals surface area contributed by atoms with Gasteiger partial charge in [-0.15, -0.1) is 0 Å². The number of benzene rings is 2. The molecule has 2 aromatic rings. The average molecular weight is 342 g/mol. The zero-order chi connectivity index (χ0) is 18.1. The molecule has 0 spiro atoms. The van der Waals surface area contributed by atoms with E-state index in [9.17, 15) is 4.79 Å². The second-order valence-corrected chi connectivity index (χ2v) is 5.71. The molecule has 2 rings (SSSR count). The molecule has 0 aliphatic carbocycles. The van der Waals surface area contributed by atoms with Gasteiger partial charge in [0.1, 0.15) is 0 Å². The van der Waals surface area contributed by atoms with Crippen LogP contribution in [-0.4, -0.2) is 39.3 Å². The Morgan fingerprint density at radius 2 is 1.72 bits per heavy atom. The fourth-order valence-corrected chi connectivity index (χ4v) is 2.46. The summed E-state index contributed by atoms with van der Waals surface area (Å²) in [5, 5.41) is 2.95. The first-order valence-corrected chi connectivity index (χ1v) is 8.49. The summed E-state index contributed by atoms with van der Waals surface area (Å²) >= 11 is 0. The van der Waals surface area contributed by atoms with Crippen molar-refractivity contribution in [3.63, 3.8) is 0 Å². The molecule has 0 radical (unpaired) electrons. The summed E-state index contributed by atoms with van der Waals surface area (Å²) in [6, 6.07) is 17.4. The lowest BCUT2D eigenvalue weighted by Crippen LogP contribution is -2.41. The summed E-state index contributed by atoms with van der Waals surface area (Å²) in [5.74, 6) is 1.08. The molecular formula is C20H26N2O3. The number of nitrogens with one attached hydrogen (secondary N) is 1. The van der Waals surface area contributed by atoms with Crippen molar-refractivity contribution in [2.45, 2.75) is 19.4 Å². The highest BCUT2D eigenvalue weighted by atomic mass is 16.5. The molecule has 1 N–H and O–H groups in total. The molecule has 0 saturated carbocycles. The molecule has 0 aromatic heterocycles. The van der Waals surface area contributed by atoms with Crippen molar-refractivity contribution in [1.29, 1.82) is 0 Å². The van der Waals surface area contributed by atoms with Crippen molar-refractivity contribution in [3.05, 3.63) is 54.6 Å². The van der Waals surface area contributed by atoms with E-state index in [1.54, 1.807) is 13.2 Å². The molecule has 0 aliphatic rings. The Kier molecular flexibility index (Phi) is 7.14. The van der Waals surface area contributed by atoms with Gasteiger partial charge < -0.3 is 19.7 Å². The SMILES string of the molecule is CC[C@H](Oc1ccccc1OC)C(=O)NCCN(C)c1ccccc1. The molecule has 0 bridgehead atoms. The number of carbonyl (C=O) groups is 1. The van der Waals surface area contributed by atoms with E-state index >= 15 is 0 Å². The fourth-order valence-electron chi connectivity index (χ4n) is 2.46. The Morgan fingerprint density at radius 1 is 1.08 bits per heavy atom. The van der Waals surface area contributed by atoms with Gasteiger partial charge in [-0.2, -0.15) is 0 Å². The van der Waals surface area contributed by atoms with E-state index in [0.29, 0.717) is 24.5 Å². The molecule has 25 heavy (non-hydrogen) atoms. The highest BCUT2D eigenvalue weighted by molar-refractivity contribution is 5.81. The highest BCUT2D eigenvalue weighted by Crippen LogP contribution is 2.27. The van der Waals surface area contributed by atoms with Crippen LogP contribution in [0.25, 0.3) is 0 Å². The Labute approximate surface area is 149 Å². The number of para-hydroxylation sites is 3. The second-order valence-electron chi connectivity index (χ2n) is 5.71. The number of hydrogen-bond acceptors (Lipinski definition) is 4. The molecule has 0 saturated heterocycles. The number of nitrogens with zero attached hydrogens (tertiary/aromatic N) is 1. The number of amides is 1. The van der Waals surface area contributed by atoms with E-state index in [-0.39, 0.29) is 5.91 Å². The number of likely N-dealkylation sites (N-methyl/N-ethyl adjacent to an activating group) is 1. The largest absolute Gasteiger partial charge is 0.493 e. The fraction of sp³-hybridized carbons (Fsp3) is 0.350. The van der Waals surface area contributed by atoms with Crippen LogP contribution in [0.1, 0.15) is 13.3 Å².